The van der Waals surface area contributed by atoms with Crippen molar-refractivity contribution in [3.05, 3.63) is 34.9 Å². The zero-order valence-electron chi connectivity index (χ0n) is 20.6. The van der Waals surface area contributed by atoms with Crippen molar-refractivity contribution in [2.75, 3.05) is 0 Å². The standard InChI is InChI=1S/C28H51N.H2O/c1-4-7-8-9-10-11-12-13-14-15-16-17-18-24-28(29)27-23-19-22-25(20-5-2)26(27)21-6-3;/h19,22-23,28H,4-18,20-21,24,29H2,1-3H3;1H2. The molecular formula is C28H53NO. The van der Waals surface area contributed by atoms with Gasteiger partial charge in [0.05, 0.1) is 0 Å². The second kappa shape index (κ2) is 20.1. The molecule has 0 spiro atoms. The smallest absolute Gasteiger partial charge is 0.0297 e. The maximum Gasteiger partial charge on any atom is 0.0297 e. The fourth-order valence-electron chi connectivity index (χ4n) is 4.60. The summed E-state index contributed by atoms with van der Waals surface area (Å²) in [6.07, 6.45) is 24.3. The summed E-state index contributed by atoms with van der Waals surface area (Å²) in [5.41, 5.74) is 11.1. The third-order valence-corrected chi connectivity index (χ3v) is 6.35. The van der Waals surface area contributed by atoms with Crippen molar-refractivity contribution >= 4 is 0 Å². The van der Waals surface area contributed by atoms with Gasteiger partial charge in [0.15, 0.2) is 0 Å². The lowest BCUT2D eigenvalue weighted by atomic mass is 9.89. The predicted octanol–water partition coefficient (Wildman–Crippen LogP) is 8.25. The first-order chi connectivity index (χ1) is 14.2. The minimum atomic E-state index is 0. The quantitative estimate of drug-likeness (QED) is 0.225. The topological polar surface area (TPSA) is 57.5 Å². The van der Waals surface area contributed by atoms with Gasteiger partial charge >= 0.3 is 0 Å². The van der Waals surface area contributed by atoms with E-state index in [1.165, 1.54) is 120 Å². The van der Waals surface area contributed by atoms with Gasteiger partial charge in [0, 0.05) is 6.04 Å². The third-order valence-electron chi connectivity index (χ3n) is 6.35. The number of rotatable bonds is 19. The Labute approximate surface area is 188 Å². The highest BCUT2D eigenvalue weighted by Gasteiger charge is 2.13. The van der Waals surface area contributed by atoms with Gasteiger partial charge in [-0.1, -0.05) is 135 Å². The first kappa shape index (κ1) is 29.1. The average molecular weight is 420 g/mol. The molecule has 0 saturated carbocycles. The van der Waals surface area contributed by atoms with Crippen molar-refractivity contribution in [3.8, 4) is 0 Å². The van der Waals surface area contributed by atoms with Crippen LogP contribution in [0.1, 0.15) is 146 Å². The highest BCUT2D eigenvalue weighted by atomic mass is 16.0. The summed E-state index contributed by atoms with van der Waals surface area (Å²) in [4.78, 5) is 0. The predicted molar refractivity (Wildman–Crippen MR) is 135 cm³/mol. The lowest BCUT2D eigenvalue weighted by Gasteiger charge is -2.19. The van der Waals surface area contributed by atoms with Crippen LogP contribution in [-0.4, -0.2) is 5.48 Å². The molecule has 0 fully saturated rings. The van der Waals surface area contributed by atoms with E-state index in [1.54, 1.807) is 5.56 Å². The fourth-order valence-corrected chi connectivity index (χ4v) is 4.60. The number of benzene rings is 1. The molecule has 0 bridgehead atoms. The minimum absolute atomic E-state index is 0. The van der Waals surface area contributed by atoms with E-state index in [2.05, 4.69) is 39.0 Å². The molecular weight excluding hydrogens is 366 g/mol. The van der Waals surface area contributed by atoms with Gasteiger partial charge in [0.25, 0.3) is 0 Å². The normalized spacial score (nSPS) is 12.0. The van der Waals surface area contributed by atoms with E-state index < -0.39 is 0 Å². The van der Waals surface area contributed by atoms with Crippen LogP contribution in [0.2, 0.25) is 0 Å². The second-order valence-corrected chi connectivity index (χ2v) is 9.12. The van der Waals surface area contributed by atoms with E-state index in [4.69, 9.17) is 5.73 Å². The first-order valence-electron chi connectivity index (χ1n) is 13.1. The Kier molecular flexibility index (Phi) is 19.5. The fraction of sp³-hybridized carbons (Fsp3) is 0.786. The van der Waals surface area contributed by atoms with Crippen LogP contribution < -0.4 is 5.73 Å². The van der Waals surface area contributed by atoms with Crippen LogP contribution in [0, 0.1) is 0 Å². The largest absolute Gasteiger partial charge is 0.412 e. The molecule has 176 valence electrons. The maximum atomic E-state index is 6.63. The summed E-state index contributed by atoms with van der Waals surface area (Å²) in [5.74, 6) is 0. The average Bonchev–Trinajstić information content (AvgIpc) is 2.73. The van der Waals surface area contributed by atoms with Gasteiger partial charge in [-0.05, 0) is 36.0 Å². The van der Waals surface area contributed by atoms with Gasteiger partial charge in [-0.2, -0.15) is 0 Å². The molecule has 2 nitrogen and oxygen atoms in total. The number of aryl methyl sites for hydroxylation is 1. The molecule has 1 rings (SSSR count). The molecule has 0 saturated heterocycles. The Morgan fingerprint density at radius 3 is 1.63 bits per heavy atom. The summed E-state index contributed by atoms with van der Waals surface area (Å²) in [7, 11) is 0. The van der Waals surface area contributed by atoms with Crippen molar-refractivity contribution in [3.63, 3.8) is 0 Å². The molecule has 1 aromatic rings. The van der Waals surface area contributed by atoms with Crippen LogP contribution in [0.15, 0.2) is 18.2 Å². The Morgan fingerprint density at radius 1 is 0.633 bits per heavy atom. The van der Waals surface area contributed by atoms with Gasteiger partial charge in [-0.15, -0.1) is 0 Å². The van der Waals surface area contributed by atoms with Crippen LogP contribution in [0.25, 0.3) is 0 Å². The molecule has 0 aliphatic heterocycles. The Bertz CT molecular complexity index is 499. The molecule has 4 N–H and O–H groups in total. The van der Waals surface area contributed by atoms with Crippen LogP contribution in [0.4, 0.5) is 0 Å². The zero-order chi connectivity index (χ0) is 21.2. The highest BCUT2D eigenvalue weighted by molar-refractivity contribution is 5.37. The van der Waals surface area contributed by atoms with Crippen molar-refractivity contribution in [2.45, 2.75) is 142 Å². The molecule has 0 aliphatic rings. The molecule has 0 aromatic heterocycles. The molecule has 0 aliphatic carbocycles. The Morgan fingerprint density at radius 2 is 1.13 bits per heavy atom. The number of nitrogens with two attached hydrogens (primary N) is 1. The van der Waals surface area contributed by atoms with E-state index in [-0.39, 0.29) is 11.5 Å². The molecule has 0 amide bonds. The minimum Gasteiger partial charge on any atom is -0.412 e. The Hall–Kier alpha value is -0.860. The van der Waals surface area contributed by atoms with Crippen LogP contribution in [0.3, 0.4) is 0 Å². The zero-order valence-corrected chi connectivity index (χ0v) is 20.6. The lowest BCUT2D eigenvalue weighted by molar-refractivity contribution is 0.521. The van der Waals surface area contributed by atoms with E-state index in [0.717, 1.165) is 6.42 Å². The maximum absolute atomic E-state index is 6.63. The first-order valence-corrected chi connectivity index (χ1v) is 13.1. The van der Waals surface area contributed by atoms with E-state index in [0.29, 0.717) is 0 Å². The van der Waals surface area contributed by atoms with Gasteiger partial charge in [-0.25, -0.2) is 0 Å². The van der Waals surface area contributed by atoms with E-state index >= 15 is 0 Å². The summed E-state index contributed by atoms with van der Waals surface area (Å²) < 4.78 is 0. The van der Waals surface area contributed by atoms with Gasteiger partial charge < -0.3 is 11.2 Å². The van der Waals surface area contributed by atoms with Crippen molar-refractivity contribution in [1.82, 2.24) is 0 Å². The summed E-state index contributed by atoms with van der Waals surface area (Å²) in [6, 6.07) is 7.05. The van der Waals surface area contributed by atoms with Crippen LogP contribution >= 0.6 is 0 Å². The SMILES string of the molecule is CCCCCCCCCCCCCCCC(N)c1cccc(CCC)c1CCC.O. The van der Waals surface area contributed by atoms with E-state index in [1.807, 2.05) is 0 Å². The van der Waals surface area contributed by atoms with Crippen LogP contribution in [-0.2, 0) is 12.8 Å². The summed E-state index contributed by atoms with van der Waals surface area (Å²) in [5, 5.41) is 0. The monoisotopic (exact) mass is 419 g/mol. The molecule has 0 heterocycles. The summed E-state index contributed by atoms with van der Waals surface area (Å²) in [6.45, 7) is 6.85. The number of hydrogen-bond acceptors (Lipinski definition) is 1. The molecule has 2 heteroatoms. The molecule has 1 unspecified atom stereocenters. The second-order valence-electron chi connectivity index (χ2n) is 9.12. The van der Waals surface area contributed by atoms with Crippen molar-refractivity contribution < 1.29 is 5.48 Å². The third kappa shape index (κ3) is 12.7. The molecule has 1 aromatic carbocycles. The Balaban J connectivity index is 0.00000841. The van der Waals surface area contributed by atoms with Crippen LogP contribution in [0.5, 0.6) is 0 Å². The van der Waals surface area contributed by atoms with Crippen molar-refractivity contribution in [2.24, 2.45) is 5.73 Å². The lowest BCUT2D eigenvalue weighted by Crippen LogP contribution is -2.14. The van der Waals surface area contributed by atoms with Crippen molar-refractivity contribution in [1.29, 1.82) is 0 Å². The molecule has 1 atom stereocenters. The number of unbranched alkanes of at least 4 members (excludes halogenated alkanes) is 12. The van der Waals surface area contributed by atoms with Gasteiger partial charge in [0.2, 0.25) is 0 Å². The van der Waals surface area contributed by atoms with E-state index in [9.17, 15) is 0 Å². The number of hydrogen-bond donors (Lipinski definition) is 1. The van der Waals surface area contributed by atoms with Gasteiger partial charge in [0.1, 0.15) is 0 Å². The molecule has 0 radical (unpaired) electrons. The van der Waals surface area contributed by atoms with Gasteiger partial charge in [-0.3, -0.25) is 0 Å². The summed E-state index contributed by atoms with van der Waals surface area (Å²) >= 11 is 0. The highest BCUT2D eigenvalue weighted by Crippen LogP contribution is 2.26. The molecule has 30 heavy (non-hydrogen) atoms.